The first-order valence-corrected chi connectivity index (χ1v) is 34.5. The molecule has 0 bridgehead atoms. The van der Waals surface area contributed by atoms with E-state index < -0.39 is 11.5 Å². The summed E-state index contributed by atoms with van der Waals surface area (Å²) in [4.78, 5) is 0. The van der Waals surface area contributed by atoms with Crippen molar-refractivity contribution in [2.45, 2.75) is 0 Å². The van der Waals surface area contributed by atoms with Gasteiger partial charge in [-0.1, -0.05) is 7.43 Å². The van der Waals surface area contributed by atoms with Gasteiger partial charge in [0.1, 0.15) is 0 Å². The van der Waals surface area contributed by atoms with Gasteiger partial charge < -0.3 is 6.15 Å². The predicted molar refractivity (Wildman–Crippen MR) is 52.9 cm³/mol. The maximum absolute atomic E-state index is 3.35. The minimum Gasteiger partial charge on any atom is -0.0683 e. The van der Waals surface area contributed by atoms with Gasteiger partial charge in [-0.2, -0.15) is 0 Å². The number of rotatable bonds is 0. The zero-order valence-electron chi connectivity index (χ0n) is 3.72. The van der Waals surface area contributed by atoms with Gasteiger partial charge >= 0.3 is 59.5 Å². The van der Waals surface area contributed by atoms with Crippen molar-refractivity contribution < 1.29 is 0 Å². The van der Waals surface area contributed by atoms with Crippen molar-refractivity contribution in [1.82, 2.24) is 6.15 Å². The second-order valence-electron chi connectivity index (χ2n) is 0.429. The molecule has 0 unspecified atom stereocenters. The fourth-order valence-electron chi connectivity index (χ4n) is 0. The first-order chi connectivity index (χ1) is 2.00. The summed E-state index contributed by atoms with van der Waals surface area (Å²) in [6, 6.07) is 0. The van der Waals surface area contributed by atoms with Gasteiger partial charge in [-0.3, -0.25) is 0 Å². The maximum Gasteiger partial charge on any atom is -0.0683 e. The normalized spacial score (nSPS) is 8.57. The van der Waals surface area contributed by atoms with E-state index >= 15 is 0 Å². The van der Waals surface area contributed by atoms with Crippen LogP contribution in [0.5, 0.6) is 0 Å². The van der Waals surface area contributed by atoms with Gasteiger partial charge in [0.2, 0.25) is 0 Å². The van der Waals surface area contributed by atoms with Crippen LogP contribution >= 0.6 is 47.9 Å². The Hall–Kier alpha value is 2.80. The molecule has 0 aromatic rings. The van der Waals surface area contributed by atoms with Crippen LogP contribution in [0.3, 0.4) is 0 Å². The van der Waals surface area contributed by atoms with Crippen LogP contribution in [-0.4, -0.2) is 11.5 Å². The standard InChI is InChI=1S/CH3.4BrH.H3N.Pb/h1H3;4*1H;1H3;/q;;;;;;+4/p-4. The van der Waals surface area contributed by atoms with Crippen molar-refractivity contribution in [2.24, 2.45) is 0 Å². The molecule has 0 aromatic heterocycles. The quantitative estimate of drug-likeness (QED) is 0.453. The molecule has 0 fully saturated rings. The Kier molecular flexibility index (Phi) is 16.2. The van der Waals surface area contributed by atoms with E-state index in [2.05, 4.69) is 47.9 Å². The molecule has 7 heavy (non-hydrogen) atoms. The minimum absolute atomic E-state index is 0. The monoisotopic (exact) mass is 556 g/mol. The molecule has 0 aliphatic rings. The SMILES string of the molecule is N.[Br][Pb]([Br])([Br])[Br].[CH3]. The van der Waals surface area contributed by atoms with Gasteiger partial charge in [0.15, 0.2) is 0 Å². The molecule has 0 aliphatic carbocycles. The van der Waals surface area contributed by atoms with E-state index in [1.807, 2.05) is 0 Å². The predicted octanol–water partition coefficient (Wildman–Crippen LogP) is 3.61. The molecule has 0 heterocycles. The molecule has 0 aliphatic heterocycles. The first-order valence-electron chi connectivity index (χ1n) is 0.756. The molecule has 0 saturated carbocycles. The van der Waals surface area contributed by atoms with E-state index in [-0.39, 0.29) is 13.6 Å². The van der Waals surface area contributed by atoms with Crippen LogP contribution < -0.4 is 6.15 Å². The number of halogens is 4. The number of hydrogen-bond acceptors (Lipinski definition) is 1. The van der Waals surface area contributed by atoms with E-state index in [1.54, 1.807) is 0 Å². The number of hydrogen-bond donors (Lipinski definition) is 1. The maximum atomic E-state index is 3.35. The fourth-order valence-corrected chi connectivity index (χ4v) is 0. The third-order valence-electron chi connectivity index (χ3n) is 0. The van der Waals surface area contributed by atoms with Crippen LogP contribution in [0.4, 0.5) is 0 Å². The molecule has 6 heteroatoms. The summed E-state index contributed by atoms with van der Waals surface area (Å²) >= 11 is 11.4. The van der Waals surface area contributed by atoms with Crippen LogP contribution in [0, 0.1) is 7.43 Å². The van der Waals surface area contributed by atoms with Gasteiger partial charge in [-0.25, -0.2) is 0 Å². The summed E-state index contributed by atoms with van der Waals surface area (Å²) in [5, 5.41) is 0. The van der Waals surface area contributed by atoms with Crippen LogP contribution in [0.1, 0.15) is 0 Å². The largest absolute Gasteiger partial charge is 0.0683 e. The Morgan fingerprint density at radius 1 is 0.857 bits per heavy atom. The van der Waals surface area contributed by atoms with Crippen molar-refractivity contribution in [3.63, 3.8) is 0 Å². The van der Waals surface area contributed by atoms with Crippen LogP contribution in [-0.2, 0) is 0 Å². The van der Waals surface area contributed by atoms with E-state index in [9.17, 15) is 0 Å². The molecule has 0 atom stereocenters. The van der Waals surface area contributed by atoms with Gasteiger partial charge in [-0.05, 0) is 0 Å². The average molecular weight is 559 g/mol. The molecule has 3 N–H and O–H groups in total. The second kappa shape index (κ2) is 6.92. The third kappa shape index (κ3) is 51.9. The summed E-state index contributed by atoms with van der Waals surface area (Å²) in [7, 11) is 0. The Bertz CT molecular complexity index is 27.2. The molecular weight excluding hydrogens is 553 g/mol. The molecule has 0 amide bonds. The Labute approximate surface area is 71.5 Å². The summed E-state index contributed by atoms with van der Waals surface area (Å²) in [5.41, 5.74) is 0. The van der Waals surface area contributed by atoms with E-state index in [4.69, 9.17) is 0 Å². The van der Waals surface area contributed by atoms with Crippen LogP contribution in [0.15, 0.2) is 0 Å². The van der Waals surface area contributed by atoms with Gasteiger partial charge in [-0.15, -0.1) is 0 Å². The molecular formula is CH6Br4NPb. The van der Waals surface area contributed by atoms with E-state index in [1.165, 1.54) is 0 Å². The summed E-state index contributed by atoms with van der Waals surface area (Å²) in [5.74, 6) is 0. The molecule has 0 aromatic carbocycles. The van der Waals surface area contributed by atoms with Gasteiger partial charge in [0, 0.05) is 0 Å². The molecule has 47 valence electrons. The first kappa shape index (κ1) is 16.4. The fraction of sp³-hybridized carbons (Fsp3) is 0. The molecule has 1 nitrogen and oxygen atoms in total. The van der Waals surface area contributed by atoms with Crippen LogP contribution in [0.25, 0.3) is 0 Å². The van der Waals surface area contributed by atoms with Gasteiger partial charge in [0.25, 0.3) is 0 Å². The summed E-state index contributed by atoms with van der Waals surface area (Å²) < 4.78 is 0. The van der Waals surface area contributed by atoms with Crippen molar-refractivity contribution in [3.05, 3.63) is 7.43 Å². The third-order valence-corrected chi connectivity index (χ3v) is 0. The molecule has 0 spiro atoms. The van der Waals surface area contributed by atoms with E-state index in [0.717, 1.165) is 0 Å². The van der Waals surface area contributed by atoms with Crippen molar-refractivity contribution in [2.75, 3.05) is 0 Å². The zero-order valence-corrected chi connectivity index (χ0v) is 14.0. The molecule has 0 rings (SSSR count). The zero-order chi connectivity index (χ0) is 4.50. The van der Waals surface area contributed by atoms with Crippen molar-refractivity contribution in [1.29, 1.82) is 0 Å². The Morgan fingerprint density at radius 3 is 0.857 bits per heavy atom. The van der Waals surface area contributed by atoms with Crippen LogP contribution in [0.2, 0.25) is 0 Å². The van der Waals surface area contributed by atoms with Crippen molar-refractivity contribution in [3.8, 4) is 0 Å². The van der Waals surface area contributed by atoms with Gasteiger partial charge in [0.05, 0.1) is 0 Å². The Balaban J connectivity index is -0.0000000800. The summed E-state index contributed by atoms with van der Waals surface area (Å²) in [6.07, 6.45) is 0. The Morgan fingerprint density at radius 2 is 0.857 bits per heavy atom. The minimum atomic E-state index is -2.03. The summed E-state index contributed by atoms with van der Waals surface area (Å²) in [6.45, 7) is 0. The average Bonchev–Trinajstić information content (AvgIpc) is 0.722. The second-order valence-corrected chi connectivity index (χ2v) is 102. The smallest absolute Gasteiger partial charge is 0.0683 e. The topological polar surface area (TPSA) is 35.0 Å². The van der Waals surface area contributed by atoms with E-state index in [0.29, 0.717) is 0 Å². The molecule has 0 saturated heterocycles. The van der Waals surface area contributed by atoms with Crippen molar-refractivity contribution >= 4 is 59.5 Å². The molecule has 1 radical (unpaired) electrons.